The summed E-state index contributed by atoms with van der Waals surface area (Å²) < 4.78 is 0. The first kappa shape index (κ1) is 13.1. The number of nitrogens with zero attached hydrogens (tertiary/aromatic N) is 4. The summed E-state index contributed by atoms with van der Waals surface area (Å²) in [4.78, 5) is 25.1. The smallest absolute Gasteiger partial charge is 0.241 e. The van der Waals surface area contributed by atoms with E-state index in [0.717, 1.165) is 37.0 Å². The number of aromatic nitrogens is 2. The van der Waals surface area contributed by atoms with Crippen LogP contribution in [-0.4, -0.2) is 54.5 Å². The van der Waals surface area contributed by atoms with Gasteiger partial charge in [0.05, 0.1) is 6.54 Å². The van der Waals surface area contributed by atoms with E-state index in [0.29, 0.717) is 12.5 Å². The van der Waals surface area contributed by atoms with E-state index in [1.807, 2.05) is 20.2 Å². The van der Waals surface area contributed by atoms with Crippen molar-refractivity contribution >= 4 is 17.5 Å². The monoisotopic (exact) mass is 275 g/mol. The molecule has 1 N–H and O–H groups in total. The highest BCUT2D eigenvalue weighted by atomic mass is 16.2. The highest BCUT2D eigenvalue weighted by Crippen LogP contribution is 2.39. The highest BCUT2D eigenvalue weighted by Gasteiger charge is 2.28. The van der Waals surface area contributed by atoms with Crippen molar-refractivity contribution in [2.45, 2.75) is 25.2 Å². The predicted molar refractivity (Wildman–Crippen MR) is 78.0 cm³/mol. The van der Waals surface area contributed by atoms with Gasteiger partial charge in [0.25, 0.3) is 0 Å². The summed E-state index contributed by atoms with van der Waals surface area (Å²) in [7, 11) is 3.73. The molecule has 1 amide bonds. The molecule has 0 radical (unpaired) electrons. The maximum Gasteiger partial charge on any atom is 0.241 e. The fourth-order valence-corrected chi connectivity index (χ4v) is 2.45. The average molecular weight is 275 g/mol. The molecule has 20 heavy (non-hydrogen) atoms. The fourth-order valence-electron chi connectivity index (χ4n) is 2.45. The van der Waals surface area contributed by atoms with Crippen LogP contribution >= 0.6 is 0 Å². The first-order valence-electron chi connectivity index (χ1n) is 7.23. The van der Waals surface area contributed by atoms with E-state index in [1.54, 1.807) is 4.90 Å². The molecule has 1 aliphatic heterocycles. The van der Waals surface area contributed by atoms with E-state index in [4.69, 9.17) is 0 Å². The number of hydrogen-bond acceptors (Lipinski definition) is 5. The molecule has 6 heteroatoms. The number of carbonyl (C=O) groups excluding carboxylic acids is 1. The van der Waals surface area contributed by atoms with Crippen molar-refractivity contribution in [1.29, 1.82) is 0 Å². The van der Waals surface area contributed by atoms with Gasteiger partial charge in [0.1, 0.15) is 17.5 Å². The molecule has 0 unspecified atom stereocenters. The van der Waals surface area contributed by atoms with Crippen LogP contribution in [0, 0.1) is 0 Å². The van der Waals surface area contributed by atoms with Crippen molar-refractivity contribution in [1.82, 2.24) is 14.9 Å². The Bertz CT molecular complexity index is 514. The molecule has 3 rings (SSSR count). The molecule has 2 aliphatic rings. The van der Waals surface area contributed by atoms with Gasteiger partial charge >= 0.3 is 0 Å². The zero-order chi connectivity index (χ0) is 14.1. The second-order valence-corrected chi connectivity index (χ2v) is 5.58. The van der Waals surface area contributed by atoms with Crippen molar-refractivity contribution in [2.24, 2.45) is 0 Å². The third-order valence-electron chi connectivity index (χ3n) is 3.93. The van der Waals surface area contributed by atoms with Gasteiger partial charge in [-0.15, -0.1) is 0 Å². The maximum absolute atomic E-state index is 12.0. The molecule has 1 aliphatic carbocycles. The fraction of sp³-hybridized carbons (Fsp3) is 0.643. The molecule has 6 nitrogen and oxygen atoms in total. The van der Waals surface area contributed by atoms with Crippen molar-refractivity contribution in [3.63, 3.8) is 0 Å². The Kier molecular flexibility index (Phi) is 3.46. The molecule has 0 atom stereocenters. The normalized spacial score (nSPS) is 20.0. The zero-order valence-corrected chi connectivity index (χ0v) is 12.1. The Balaban J connectivity index is 1.87. The number of amides is 1. The quantitative estimate of drug-likeness (QED) is 0.894. The predicted octanol–water partition coefficient (Wildman–Crippen LogP) is 1.06. The third-order valence-corrected chi connectivity index (χ3v) is 3.93. The van der Waals surface area contributed by atoms with Crippen LogP contribution < -0.4 is 10.2 Å². The second-order valence-electron chi connectivity index (χ2n) is 5.58. The maximum atomic E-state index is 12.0. The van der Waals surface area contributed by atoms with E-state index < -0.39 is 0 Å². The Morgan fingerprint density at radius 3 is 2.80 bits per heavy atom. The molecule has 0 aromatic carbocycles. The number of rotatable bonds is 3. The topological polar surface area (TPSA) is 61.4 Å². The minimum atomic E-state index is 0.153. The van der Waals surface area contributed by atoms with E-state index in [1.165, 1.54) is 12.8 Å². The SMILES string of the molecule is CNc1cc(N2CCCN(C)C(=O)C2)nc(C2CC2)n1. The number of anilines is 2. The van der Waals surface area contributed by atoms with Crippen LogP contribution in [-0.2, 0) is 4.79 Å². The molecule has 2 heterocycles. The lowest BCUT2D eigenvalue weighted by Crippen LogP contribution is -2.34. The van der Waals surface area contributed by atoms with Crippen LogP contribution in [0.2, 0.25) is 0 Å². The third kappa shape index (κ3) is 2.69. The van der Waals surface area contributed by atoms with Gasteiger partial charge in [0.15, 0.2) is 0 Å². The number of carbonyl (C=O) groups is 1. The summed E-state index contributed by atoms with van der Waals surface area (Å²) in [6.07, 6.45) is 3.32. The zero-order valence-electron chi connectivity index (χ0n) is 12.1. The minimum absolute atomic E-state index is 0.153. The minimum Gasteiger partial charge on any atom is -0.373 e. The Hall–Kier alpha value is -1.85. The molecule has 0 spiro atoms. The molecule has 0 bridgehead atoms. The molecule has 1 saturated carbocycles. The van der Waals surface area contributed by atoms with Gasteiger partial charge in [0, 0.05) is 39.2 Å². The summed E-state index contributed by atoms with van der Waals surface area (Å²) in [5.74, 6) is 3.28. The lowest BCUT2D eigenvalue weighted by molar-refractivity contribution is -0.127. The van der Waals surface area contributed by atoms with Crippen molar-refractivity contribution in [2.75, 3.05) is 43.9 Å². The van der Waals surface area contributed by atoms with Gasteiger partial charge in [-0.1, -0.05) is 0 Å². The molecule has 1 aromatic rings. The molecular formula is C14H21N5O. The van der Waals surface area contributed by atoms with Crippen LogP contribution in [0.5, 0.6) is 0 Å². The Morgan fingerprint density at radius 1 is 1.30 bits per heavy atom. The van der Waals surface area contributed by atoms with Gasteiger partial charge in [0.2, 0.25) is 5.91 Å². The summed E-state index contributed by atoms with van der Waals surface area (Å²) >= 11 is 0. The van der Waals surface area contributed by atoms with Gasteiger partial charge in [-0.2, -0.15) is 0 Å². The summed E-state index contributed by atoms with van der Waals surface area (Å²) in [6, 6.07) is 1.94. The largest absolute Gasteiger partial charge is 0.373 e. The molecule has 1 saturated heterocycles. The van der Waals surface area contributed by atoms with E-state index in [-0.39, 0.29) is 5.91 Å². The summed E-state index contributed by atoms with van der Waals surface area (Å²) in [5, 5.41) is 3.09. The van der Waals surface area contributed by atoms with Crippen LogP contribution in [0.3, 0.4) is 0 Å². The molecule has 2 fully saturated rings. The molecule has 1 aromatic heterocycles. The van der Waals surface area contributed by atoms with Crippen molar-refractivity contribution in [3.05, 3.63) is 11.9 Å². The average Bonchev–Trinajstić information content (AvgIpc) is 3.29. The Morgan fingerprint density at radius 2 is 2.10 bits per heavy atom. The highest BCUT2D eigenvalue weighted by molar-refractivity contribution is 5.81. The molecular weight excluding hydrogens is 254 g/mol. The van der Waals surface area contributed by atoms with E-state index in [9.17, 15) is 4.79 Å². The number of nitrogens with one attached hydrogen (secondary N) is 1. The van der Waals surface area contributed by atoms with Gasteiger partial charge in [-0.05, 0) is 19.3 Å². The van der Waals surface area contributed by atoms with Crippen molar-refractivity contribution < 1.29 is 4.79 Å². The Labute approximate surface area is 119 Å². The standard InChI is InChI=1S/C14H21N5O/c1-15-11-8-12(17-14(16-11)10-4-5-10)19-7-3-6-18(2)13(20)9-19/h8,10H,3-7,9H2,1-2H3,(H,15,16,17). The van der Waals surface area contributed by atoms with Gasteiger partial charge < -0.3 is 15.1 Å². The first-order chi connectivity index (χ1) is 9.67. The second kappa shape index (κ2) is 5.26. The van der Waals surface area contributed by atoms with Crippen LogP contribution in [0.1, 0.15) is 31.0 Å². The van der Waals surface area contributed by atoms with Gasteiger partial charge in [-0.3, -0.25) is 4.79 Å². The van der Waals surface area contributed by atoms with Crippen LogP contribution in [0.4, 0.5) is 11.6 Å². The summed E-state index contributed by atoms with van der Waals surface area (Å²) in [6.45, 7) is 2.08. The van der Waals surface area contributed by atoms with Crippen molar-refractivity contribution in [3.8, 4) is 0 Å². The van der Waals surface area contributed by atoms with Crippen LogP contribution in [0.25, 0.3) is 0 Å². The lowest BCUT2D eigenvalue weighted by Gasteiger charge is -2.21. The van der Waals surface area contributed by atoms with Gasteiger partial charge in [-0.25, -0.2) is 9.97 Å². The molecule has 108 valence electrons. The number of hydrogen-bond donors (Lipinski definition) is 1. The summed E-state index contributed by atoms with van der Waals surface area (Å²) in [5.41, 5.74) is 0. The first-order valence-corrected chi connectivity index (χ1v) is 7.23. The van der Waals surface area contributed by atoms with E-state index in [2.05, 4.69) is 20.2 Å². The lowest BCUT2D eigenvalue weighted by atomic mass is 10.3. The van der Waals surface area contributed by atoms with E-state index >= 15 is 0 Å². The number of likely N-dealkylation sites (N-methyl/N-ethyl adjacent to an activating group) is 1. The van der Waals surface area contributed by atoms with Crippen LogP contribution in [0.15, 0.2) is 6.07 Å².